The van der Waals surface area contributed by atoms with Gasteiger partial charge in [-0.1, -0.05) is 20.3 Å². The van der Waals surface area contributed by atoms with Crippen LogP contribution in [0.25, 0.3) is 0 Å². The quantitative estimate of drug-likeness (QED) is 0.688. The SMILES string of the molecule is CC1(C)CCCC(NCC(N)=O)C1. The van der Waals surface area contributed by atoms with E-state index >= 15 is 0 Å². The van der Waals surface area contributed by atoms with Crippen LogP contribution in [-0.2, 0) is 4.79 Å². The third kappa shape index (κ3) is 3.77. The van der Waals surface area contributed by atoms with Gasteiger partial charge in [-0.25, -0.2) is 0 Å². The van der Waals surface area contributed by atoms with Crippen LogP contribution in [0, 0.1) is 5.41 Å². The molecule has 0 aliphatic heterocycles. The summed E-state index contributed by atoms with van der Waals surface area (Å²) in [5.41, 5.74) is 5.50. The number of nitrogens with one attached hydrogen (secondary N) is 1. The maximum Gasteiger partial charge on any atom is 0.231 e. The smallest absolute Gasteiger partial charge is 0.231 e. The molecular weight excluding hydrogens is 164 g/mol. The van der Waals surface area contributed by atoms with E-state index in [2.05, 4.69) is 19.2 Å². The van der Waals surface area contributed by atoms with E-state index in [0.29, 0.717) is 18.0 Å². The molecule has 1 saturated carbocycles. The molecule has 0 spiro atoms. The largest absolute Gasteiger partial charge is 0.369 e. The maximum atomic E-state index is 10.6. The molecule has 0 saturated heterocycles. The van der Waals surface area contributed by atoms with Crippen LogP contribution in [0.1, 0.15) is 39.5 Å². The zero-order valence-electron chi connectivity index (χ0n) is 8.60. The van der Waals surface area contributed by atoms with Crippen LogP contribution in [0.4, 0.5) is 0 Å². The average Bonchev–Trinajstić information content (AvgIpc) is 1.99. The van der Waals surface area contributed by atoms with Gasteiger partial charge in [0, 0.05) is 6.04 Å². The molecular formula is C10H20N2O. The molecule has 1 amide bonds. The molecule has 1 aliphatic rings. The molecule has 1 unspecified atom stereocenters. The normalized spacial score (nSPS) is 27.1. The first-order valence-electron chi connectivity index (χ1n) is 5.01. The Morgan fingerprint density at radius 1 is 1.62 bits per heavy atom. The van der Waals surface area contributed by atoms with Crippen LogP contribution in [0.5, 0.6) is 0 Å². The van der Waals surface area contributed by atoms with Crippen LogP contribution in [-0.4, -0.2) is 18.5 Å². The molecule has 0 bridgehead atoms. The molecule has 1 atom stereocenters. The zero-order chi connectivity index (χ0) is 9.90. The second kappa shape index (κ2) is 4.09. The van der Waals surface area contributed by atoms with Gasteiger partial charge in [0.1, 0.15) is 0 Å². The van der Waals surface area contributed by atoms with Crippen molar-refractivity contribution >= 4 is 5.91 Å². The van der Waals surface area contributed by atoms with Gasteiger partial charge in [0.15, 0.2) is 0 Å². The maximum absolute atomic E-state index is 10.6. The molecule has 0 radical (unpaired) electrons. The Labute approximate surface area is 80.1 Å². The van der Waals surface area contributed by atoms with Gasteiger partial charge in [0.05, 0.1) is 6.54 Å². The van der Waals surface area contributed by atoms with Crippen LogP contribution < -0.4 is 11.1 Å². The summed E-state index contributed by atoms with van der Waals surface area (Å²) in [7, 11) is 0. The number of hydrogen-bond acceptors (Lipinski definition) is 2. The Balaban J connectivity index is 2.30. The van der Waals surface area contributed by atoms with Crippen molar-refractivity contribution in [1.82, 2.24) is 5.32 Å². The number of carbonyl (C=O) groups excluding carboxylic acids is 1. The first-order valence-corrected chi connectivity index (χ1v) is 5.01. The van der Waals surface area contributed by atoms with Gasteiger partial charge >= 0.3 is 0 Å². The fourth-order valence-electron chi connectivity index (χ4n) is 2.12. The van der Waals surface area contributed by atoms with Gasteiger partial charge in [-0.05, 0) is 24.7 Å². The Morgan fingerprint density at radius 3 is 2.85 bits per heavy atom. The molecule has 0 heterocycles. The topological polar surface area (TPSA) is 55.1 Å². The van der Waals surface area contributed by atoms with E-state index in [1.54, 1.807) is 0 Å². The van der Waals surface area contributed by atoms with Crippen LogP contribution in [0.3, 0.4) is 0 Å². The van der Waals surface area contributed by atoms with E-state index in [0.717, 1.165) is 6.42 Å². The summed E-state index contributed by atoms with van der Waals surface area (Å²) >= 11 is 0. The van der Waals surface area contributed by atoms with Gasteiger partial charge in [-0.15, -0.1) is 0 Å². The minimum atomic E-state index is -0.261. The Bertz CT molecular complexity index is 189. The van der Waals surface area contributed by atoms with E-state index in [4.69, 9.17) is 5.73 Å². The lowest BCUT2D eigenvalue weighted by molar-refractivity contribution is -0.117. The molecule has 13 heavy (non-hydrogen) atoms. The number of hydrogen-bond donors (Lipinski definition) is 2. The number of primary amides is 1. The first kappa shape index (κ1) is 10.5. The Morgan fingerprint density at radius 2 is 2.31 bits per heavy atom. The van der Waals surface area contributed by atoms with Crippen molar-refractivity contribution in [1.29, 1.82) is 0 Å². The van der Waals surface area contributed by atoms with E-state index < -0.39 is 0 Å². The molecule has 1 rings (SSSR count). The van der Waals surface area contributed by atoms with Gasteiger partial charge < -0.3 is 11.1 Å². The summed E-state index contributed by atoms with van der Waals surface area (Å²) in [4.78, 5) is 10.6. The molecule has 1 fully saturated rings. The number of nitrogens with two attached hydrogens (primary N) is 1. The van der Waals surface area contributed by atoms with Crippen molar-refractivity contribution in [3.63, 3.8) is 0 Å². The average molecular weight is 184 g/mol. The van der Waals surface area contributed by atoms with E-state index in [9.17, 15) is 4.79 Å². The lowest BCUT2D eigenvalue weighted by Crippen LogP contribution is -2.41. The van der Waals surface area contributed by atoms with Crippen LogP contribution in [0.15, 0.2) is 0 Å². The molecule has 0 aromatic rings. The highest BCUT2D eigenvalue weighted by Gasteiger charge is 2.27. The van der Waals surface area contributed by atoms with Crippen LogP contribution in [0.2, 0.25) is 0 Å². The molecule has 0 aromatic heterocycles. The highest BCUT2D eigenvalue weighted by molar-refractivity contribution is 5.75. The molecule has 1 aliphatic carbocycles. The third-order valence-electron chi connectivity index (χ3n) is 2.77. The van der Waals surface area contributed by atoms with Crippen LogP contribution >= 0.6 is 0 Å². The zero-order valence-corrected chi connectivity index (χ0v) is 8.60. The summed E-state index contributed by atoms with van der Waals surface area (Å²) < 4.78 is 0. The van der Waals surface area contributed by atoms with E-state index in [1.807, 2.05) is 0 Å². The summed E-state index contributed by atoms with van der Waals surface area (Å²) in [6.07, 6.45) is 4.88. The predicted molar refractivity (Wildman–Crippen MR) is 53.2 cm³/mol. The van der Waals surface area contributed by atoms with E-state index in [1.165, 1.54) is 19.3 Å². The second-order valence-electron chi connectivity index (χ2n) is 4.80. The minimum Gasteiger partial charge on any atom is -0.369 e. The van der Waals surface area contributed by atoms with Gasteiger partial charge in [-0.3, -0.25) is 4.79 Å². The Kier molecular flexibility index (Phi) is 3.31. The predicted octanol–water partition coefficient (Wildman–Crippen LogP) is 1.03. The third-order valence-corrected chi connectivity index (χ3v) is 2.77. The number of rotatable bonds is 3. The van der Waals surface area contributed by atoms with Crippen molar-refractivity contribution in [2.45, 2.75) is 45.6 Å². The van der Waals surface area contributed by atoms with E-state index in [-0.39, 0.29) is 5.91 Å². The van der Waals surface area contributed by atoms with Crippen molar-refractivity contribution in [3.05, 3.63) is 0 Å². The van der Waals surface area contributed by atoms with Gasteiger partial charge in [0.2, 0.25) is 5.91 Å². The van der Waals surface area contributed by atoms with Crippen molar-refractivity contribution < 1.29 is 4.79 Å². The molecule has 3 heteroatoms. The van der Waals surface area contributed by atoms with Gasteiger partial charge in [-0.2, -0.15) is 0 Å². The van der Waals surface area contributed by atoms with Crippen molar-refractivity contribution in [3.8, 4) is 0 Å². The molecule has 0 aromatic carbocycles. The number of amides is 1. The number of carbonyl (C=O) groups is 1. The minimum absolute atomic E-state index is 0.261. The molecule has 3 N–H and O–H groups in total. The highest BCUT2D eigenvalue weighted by atomic mass is 16.1. The summed E-state index contributed by atoms with van der Waals surface area (Å²) in [6, 6.07) is 0.483. The first-order chi connectivity index (χ1) is 5.99. The lowest BCUT2D eigenvalue weighted by atomic mass is 9.75. The van der Waals surface area contributed by atoms with Gasteiger partial charge in [0.25, 0.3) is 0 Å². The summed E-state index contributed by atoms with van der Waals surface area (Å²) in [6.45, 7) is 4.89. The monoisotopic (exact) mass is 184 g/mol. The second-order valence-corrected chi connectivity index (χ2v) is 4.80. The fraction of sp³-hybridized carbons (Fsp3) is 0.900. The lowest BCUT2D eigenvalue weighted by Gasteiger charge is -2.35. The van der Waals surface area contributed by atoms with Crippen molar-refractivity contribution in [2.24, 2.45) is 11.1 Å². The summed E-state index contributed by atoms with van der Waals surface area (Å²) in [5.74, 6) is -0.261. The molecule has 3 nitrogen and oxygen atoms in total. The fourth-order valence-corrected chi connectivity index (χ4v) is 2.12. The highest BCUT2D eigenvalue weighted by Crippen LogP contribution is 2.34. The Hall–Kier alpha value is -0.570. The van der Waals surface area contributed by atoms with Crippen molar-refractivity contribution in [2.75, 3.05) is 6.54 Å². The standard InChI is InChI=1S/C10H20N2O/c1-10(2)5-3-4-8(6-10)12-7-9(11)13/h8,12H,3-7H2,1-2H3,(H2,11,13). The molecule has 76 valence electrons. The summed E-state index contributed by atoms with van der Waals surface area (Å²) in [5, 5.41) is 3.20.